The molecule has 0 fully saturated rings. The van der Waals surface area contributed by atoms with E-state index in [0.717, 1.165) is 26.5 Å². The summed E-state index contributed by atoms with van der Waals surface area (Å²) < 4.78 is 8.23. The lowest BCUT2D eigenvalue weighted by Gasteiger charge is -2.04. The van der Waals surface area contributed by atoms with Crippen molar-refractivity contribution in [1.29, 1.82) is 0 Å². The Morgan fingerprint density at radius 3 is 2.56 bits per heavy atom. The minimum absolute atomic E-state index is 0.404. The number of carbonyl (C=O) groups is 1. The van der Waals surface area contributed by atoms with Crippen LogP contribution in [-0.2, 0) is 7.05 Å². The number of aryl methyl sites for hydroxylation is 1. The number of aromatic nitrogens is 3. The molecule has 124 valence electrons. The second-order valence-corrected chi connectivity index (χ2v) is 6.70. The zero-order chi connectivity index (χ0) is 17.4. The largest absolute Gasteiger partial charge is 0.423 e. The summed E-state index contributed by atoms with van der Waals surface area (Å²) in [4.78, 5) is 16.9. The number of para-hydroxylation sites is 1. The molecule has 0 spiro atoms. The normalized spacial score (nSPS) is 11.0. The number of esters is 1. The van der Waals surface area contributed by atoms with Gasteiger partial charge in [-0.25, -0.2) is 9.78 Å². The first kappa shape index (κ1) is 15.5. The Labute approximate surface area is 148 Å². The van der Waals surface area contributed by atoms with Crippen LogP contribution in [0.15, 0.2) is 54.7 Å². The molecule has 5 nitrogen and oxygen atoms in total. The van der Waals surface area contributed by atoms with Crippen LogP contribution in [-0.4, -0.2) is 20.7 Å². The number of ether oxygens (including phenoxy) is 1. The van der Waals surface area contributed by atoms with E-state index < -0.39 is 5.97 Å². The minimum Gasteiger partial charge on any atom is -0.423 e. The second kappa shape index (κ2) is 6.14. The lowest BCUT2D eigenvalue weighted by molar-refractivity contribution is 0.0734. The van der Waals surface area contributed by atoms with E-state index in [1.54, 1.807) is 35.2 Å². The first-order valence-electron chi connectivity index (χ1n) is 7.78. The predicted molar refractivity (Wildman–Crippen MR) is 98.0 cm³/mol. The Kier molecular flexibility index (Phi) is 3.82. The van der Waals surface area contributed by atoms with Crippen LogP contribution in [0.3, 0.4) is 0 Å². The maximum atomic E-state index is 12.2. The molecular formula is C19H15N3O2S. The molecule has 0 bridgehead atoms. The highest BCUT2D eigenvalue weighted by molar-refractivity contribution is 7.21. The number of fused-ring (bicyclic) bond motifs is 1. The average molecular weight is 349 g/mol. The van der Waals surface area contributed by atoms with Gasteiger partial charge in [0.25, 0.3) is 0 Å². The zero-order valence-corrected chi connectivity index (χ0v) is 14.6. The van der Waals surface area contributed by atoms with Gasteiger partial charge in [-0.3, -0.25) is 4.68 Å². The van der Waals surface area contributed by atoms with Crippen molar-refractivity contribution in [3.05, 3.63) is 66.0 Å². The van der Waals surface area contributed by atoms with E-state index in [1.807, 2.05) is 37.3 Å². The van der Waals surface area contributed by atoms with Gasteiger partial charge in [-0.1, -0.05) is 12.1 Å². The number of hydrogen-bond donors (Lipinski definition) is 0. The average Bonchev–Trinajstić information content (AvgIpc) is 3.19. The predicted octanol–water partition coefficient (Wildman–Crippen LogP) is 4.22. The highest BCUT2D eigenvalue weighted by atomic mass is 32.1. The monoisotopic (exact) mass is 349 g/mol. The van der Waals surface area contributed by atoms with Crippen molar-refractivity contribution in [2.75, 3.05) is 0 Å². The molecule has 0 aliphatic heterocycles. The molecule has 2 aromatic carbocycles. The SMILES string of the molecule is Cc1c(C(=O)Oc2ccc(-c3nc4ccccc4s3)cc2)cnn1C. The molecule has 2 aromatic heterocycles. The van der Waals surface area contributed by atoms with Gasteiger partial charge in [0, 0.05) is 18.3 Å². The molecule has 0 unspecified atom stereocenters. The molecule has 6 heteroatoms. The smallest absolute Gasteiger partial charge is 0.347 e. The van der Waals surface area contributed by atoms with Crippen LogP contribution in [0.1, 0.15) is 16.1 Å². The molecule has 0 N–H and O–H groups in total. The van der Waals surface area contributed by atoms with Crippen molar-refractivity contribution in [2.24, 2.45) is 7.05 Å². The van der Waals surface area contributed by atoms with E-state index in [4.69, 9.17) is 4.74 Å². The lowest BCUT2D eigenvalue weighted by atomic mass is 10.2. The van der Waals surface area contributed by atoms with Crippen LogP contribution in [0.4, 0.5) is 0 Å². The topological polar surface area (TPSA) is 57.0 Å². The van der Waals surface area contributed by atoms with E-state index in [9.17, 15) is 4.79 Å². The van der Waals surface area contributed by atoms with Gasteiger partial charge in [0.2, 0.25) is 0 Å². The minimum atomic E-state index is -0.404. The zero-order valence-electron chi connectivity index (χ0n) is 13.8. The Morgan fingerprint density at radius 2 is 1.88 bits per heavy atom. The third-order valence-corrected chi connectivity index (χ3v) is 5.15. The maximum absolute atomic E-state index is 12.2. The van der Waals surface area contributed by atoms with Crippen molar-refractivity contribution in [2.45, 2.75) is 6.92 Å². The molecule has 0 aliphatic carbocycles. The van der Waals surface area contributed by atoms with Crippen molar-refractivity contribution in [3.8, 4) is 16.3 Å². The van der Waals surface area contributed by atoms with Gasteiger partial charge in [-0.15, -0.1) is 11.3 Å². The summed E-state index contributed by atoms with van der Waals surface area (Å²) in [7, 11) is 1.79. The highest BCUT2D eigenvalue weighted by Gasteiger charge is 2.15. The third-order valence-electron chi connectivity index (χ3n) is 4.06. The van der Waals surface area contributed by atoms with Crippen LogP contribution in [0.5, 0.6) is 5.75 Å². The first-order valence-corrected chi connectivity index (χ1v) is 8.60. The number of nitrogens with zero attached hydrogens (tertiary/aromatic N) is 3. The quantitative estimate of drug-likeness (QED) is 0.410. The van der Waals surface area contributed by atoms with E-state index in [0.29, 0.717) is 11.3 Å². The van der Waals surface area contributed by atoms with Gasteiger partial charge < -0.3 is 4.74 Å². The Morgan fingerprint density at radius 1 is 1.12 bits per heavy atom. The number of thiazole rings is 1. The Bertz CT molecular complexity index is 1030. The molecular weight excluding hydrogens is 334 g/mol. The molecule has 4 rings (SSSR count). The Balaban J connectivity index is 1.55. The van der Waals surface area contributed by atoms with Gasteiger partial charge in [-0.05, 0) is 43.3 Å². The van der Waals surface area contributed by atoms with Crippen LogP contribution < -0.4 is 4.74 Å². The summed E-state index contributed by atoms with van der Waals surface area (Å²) >= 11 is 1.64. The van der Waals surface area contributed by atoms with Crippen molar-refractivity contribution < 1.29 is 9.53 Å². The van der Waals surface area contributed by atoms with Crippen molar-refractivity contribution in [1.82, 2.24) is 14.8 Å². The van der Waals surface area contributed by atoms with Crippen molar-refractivity contribution in [3.63, 3.8) is 0 Å². The van der Waals surface area contributed by atoms with Crippen LogP contribution >= 0.6 is 11.3 Å². The number of carbonyl (C=O) groups excluding carboxylic acids is 1. The van der Waals surface area contributed by atoms with Gasteiger partial charge in [0.1, 0.15) is 16.3 Å². The van der Waals surface area contributed by atoms with Crippen LogP contribution in [0, 0.1) is 6.92 Å². The van der Waals surface area contributed by atoms with E-state index in [1.165, 1.54) is 6.20 Å². The van der Waals surface area contributed by atoms with Crippen LogP contribution in [0.2, 0.25) is 0 Å². The molecule has 0 saturated heterocycles. The molecule has 0 saturated carbocycles. The fourth-order valence-corrected chi connectivity index (χ4v) is 3.49. The Hall–Kier alpha value is -2.99. The molecule has 0 amide bonds. The first-order chi connectivity index (χ1) is 12.1. The van der Waals surface area contributed by atoms with Crippen LogP contribution in [0.25, 0.3) is 20.8 Å². The van der Waals surface area contributed by atoms with Gasteiger partial charge >= 0.3 is 5.97 Å². The highest BCUT2D eigenvalue weighted by Crippen LogP contribution is 2.31. The molecule has 0 atom stereocenters. The fraction of sp³-hybridized carbons (Fsp3) is 0.105. The molecule has 4 aromatic rings. The fourth-order valence-electron chi connectivity index (χ4n) is 2.52. The maximum Gasteiger partial charge on any atom is 0.347 e. The van der Waals surface area contributed by atoms with E-state index in [2.05, 4.69) is 16.1 Å². The lowest BCUT2D eigenvalue weighted by Crippen LogP contribution is -2.09. The number of hydrogen-bond acceptors (Lipinski definition) is 5. The summed E-state index contributed by atoms with van der Waals surface area (Å²) in [5, 5.41) is 5.01. The number of rotatable bonds is 3. The summed E-state index contributed by atoms with van der Waals surface area (Å²) in [5.41, 5.74) is 3.23. The van der Waals surface area contributed by atoms with Gasteiger partial charge in [0.15, 0.2) is 0 Å². The summed E-state index contributed by atoms with van der Waals surface area (Å²) in [6, 6.07) is 15.4. The summed E-state index contributed by atoms with van der Waals surface area (Å²) in [5.74, 6) is 0.0939. The molecule has 0 aliphatic rings. The summed E-state index contributed by atoms with van der Waals surface area (Å²) in [6.07, 6.45) is 1.52. The van der Waals surface area contributed by atoms with Crippen molar-refractivity contribution >= 4 is 27.5 Å². The second-order valence-electron chi connectivity index (χ2n) is 5.67. The van der Waals surface area contributed by atoms with Gasteiger partial charge in [-0.2, -0.15) is 5.10 Å². The standard InChI is InChI=1S/C19H15N3O2S/c1-12-15(11-20-22(12)2)19(23)24-14-9-7-13(8-10-14)18-21-16-5-3-4-6-17(16)25-18/h3-11H,1-2H3. The molecule has 0 radical (unpaired) electrons. The van der Waals surface area contributed by atoms with E-state index in [-0.39, 0.29) is 0 Å². The van der Waals surface area contributed by atoms with E-state index >= 15 is 0 Å². The molecule has 25 heavy (non-hydrogen) atoms. The van der Waals surface area contributed by atoms with Gasteiger partial charge in [0.05, 0.1) is 16.4 Å². The molecule has 2 heterocycles. The third kappa shape index (κ3) is 2.92. The number of benzene rings is 2. The summed E-state index contributed by atoms with van der Waals surface area (Å²) in [6.45, 7) is 1.83.